The van der Waals surface area contributed by atoms with Crippen molar-refractivity contribution in [3.05, 3.63) is 65.5 Å². The maximum Gasteiger partial charge on any atom is 0.140 e. The van der Waals surface area contributed by atoms with Gasteiger partial charge in [0.15, 0.2) is 0 Å². The summed E-state index contributed by atoms with van der Waals surface area (Å²) in [4.78, 5) is 4.56. The van der Waals surface area contributed by atoms with Gasteiger partial charge in [0.1, 0.15) is 11.9 Å². The van der Waals surface area contributed by atoms with Crippen molar-refractivity contribution in [2.45, 2.75) is 31.9 Å². The van der Waals surface area contributed by atoms with Crippen molar-refractivity contribution in [3.8, 4) is 0 Å². The minimum Gasteiger partial charge on any atom is -0.384 e. The second-order valence-corrected chi connectivity index (χ2v) is 6.15. The molecule has 1 heterocycles. The van der Waals surface area contributed by atoms with Gasteiger partial charge in [-0.25, -0.2) is 4.98 Å². The standard InChI is InChI=1S/C19H23N3O/c1-13-8-11-16-17(12-13)22(2)19(21-16)18(23)15(20)10-9-14-6-4-3-5-7-14/h3-8,11-12,15,18,23H,9-10,20H2,1-2H3. The predicted molar refractivity (Wildman–Crippen MR) is 93.1 cm³/mol. The first-order valence-corrected chi connectivity index (χ1v) is 7.97. The molecule has 0 saturated heterocycles. The van der Waals surface area contributed by atoms with Crippen LogP contribution in [0.2, 0.25) is 0 Å². The number of rotatable bonds is 5. The Kier molecular flexibility index (Phi) is 4.46. The molecule has 0 bridgehead atoms. The molecule has 3 aromatic rings. The Morgan fingerprint density at radius 1 is 1.17 bits per heavy atom. The summed E-state index contributed by atoms with van der Waals surface area (Å²) in [7, 11) is 1.93. The second-order valence-electron chi connectivity index (χ2n) is 6.15. The molecule has 3 rings (SSSR count). The van der Waals surface area contributed by atoms with Gasteiger partial charge in [-0.15, -0.1) is 0 Å². The summed E-state index contributed by atoms with van der Waals surface area (Å²) >= 11 is 0. The number of nitrogens with two attached hydrogens (primary N) is 1. The normalized spacial score (nSPS) is 14.1. The van der Waals surface area contributed by atoms with E-state index in [2.05, 4.69) is 23.2 Å². The Morgan fingerprint density at radius 2 is 1.91 bits per heavy atom. The average Bonchev–Trinajstić information content (AvgIpc) is 2.89. The van der Waals surface area contributed by atoms with Crippen LogP contribution in [0.3, 0.4) is 0 Å². The molecular weight excluding hydrogens is 286 g/mol. The fourth-order valence-electron chi connectivity index (χ4n) is 2.91. The topological polar surface area (TPSA) is 64.1 Å². The Labute approximate surface area is 136 Å². The Hall–Kier alpha value is -2.17. The second kappa shape index (κ2) is 6.52. The molecule has 0 aliphatic rings. The molecule has 23 heavy (non-hydrogen) atoms. The molecule has 1 aromatic heterocycles. The first-order valence-electron chi connectivity index (χ1n) is 7.97. The molecule has 120 valence electrons. The number of fused-ring (bicyclic) bond motifs is 1. The average molecular weight is 309 g/mol. The van der Waals surface area contributed by atoms with Crippen LogP contribution in [-0.2, 0) is 13.5 Å². The Bertz CT molecular complexity index is 795. The summed E-state index contributed by atoms with van der Waals surface area (Å²) < 4.78 is 1.94. The summed E-state index contributed by atoms with van der Waals surface area (Å²) in [5.41, 5.74) is 10.5. The number of benzene rings is 2. The van der Waals surface area contributed by atoms with Gasteiger partial charge in [-0.05, 0) is 43.0 Å². The van der Waals surface area contributed by atoms with E-state index in [1.807, 2.05) is 48.9 Å². The van der Waals surface area contributed by atoms with E-state index in [0.29, 0.717) is 12.2 Å². The minimum absolute atomic E-state index is 0.341. The molecular formula is C19H23N3O. The summed E-state index contributed by atoms with van der Waals surface area (Å²) in [5, 5.41) is 10.6. The molecule has 0 amide bonds. The summed E-state index contributed by atoms with van der Waals surface area (Å²) in [5.74, 6) is 0.631. The van der Waals surface area contributed by atoms with Gasteiger partial charge in [-0.2, -0.15) is 0 Å². The van der Waals surface area contributed by atoms with E-state index in [-0.39, 0.29) is 6.04 Å². The number of hydrogen-bond acceptors (Lipinski definition) is 3. The van der Waals surface area contributed by atoms with E-state index in [9.17, 15) is 5.11 Å². The molecule has 0 radical (unpaired) electrons. The van der Waals surface area contributed by atoms with Crippen molar-refractivity contribution in [3.63, 3.8) is 0 Å². The number of aryl methyl sites for hydroxylation is 3. The number of hydrogen-bond donors (Lipinski definition) is 2. The molecule has 3 N–H and O–H groups in total. The summed E-state index contributed by atoms with van der Waals surface area (Å²) in [6.45, 7) is 2.05. The largest absolute Gasteiger partial charge is 0.384 e. The van der Waals surface area contributed by atoms with Gasteiger partial charge in [-0.1, -0.05) is 36.4 Å². The van der Waals surface area contributed by atoms with Crippen LogP contribution in [0.15, 0.2) is 48.5 Å². The van der Waals surface area contributed by atoms with Crippen LogP contribution in [0.1, 0.15) is 29.5 Å². The van der Waals surface area contributed by atoms with Crippen molar-refractivity contribution in [1.29, 1.82) is 0 Å². The van der Waals surface area contributed by atoms with Gasteiger partial charge in [0.05, 0.1) is 11.0 Å². The number of aromatic nitrogens is 2. The Balaban J connectivity index is 1.76. The van der Waals surface area contributed by atoms with Crippen molar-refractivity contribution in [2.24, 2.45) is 12.8 Å². The highest BCUT2D eigenvalue weighted by Crippen LogP contribution is 2.23. The van der Waals surface area contributed by atoms with Gasteiger partial charge >= 0.3 is 0 Å². The van der Waals surface area contributed by atoms with Gasteiger partial charge in [0, 0.05) is 13.1 Å². The fraction of sp³-hybridized carbons (Fsp3) is 0.316. The quantitative estimate of drug-likeness (QED) is 0.761. The molecule has 0 fully saturated rings. The van der Waals surface area contributed by atoms with Crippen molar-refractivity contribution >= 4 is 11.0 Å². The monoisotopic (exact) mass is 309 g/mol. The van der Waals surface area contributed by atoms with Gasteiger partial charge in [0.25, 0.3) is 0 Å². The summed E-state index contributed by atoms with van der Waals surface area (Å²) in [6.07, 6.45) is 0.798. The van der Waals surface area contributed by atoms with E-state index in [1.165, 1.54) is 11.1 Å². The highest BCUT2D eigenvalue weighted by Gasteiger charge is 2.22. The number of aliphatic hydroxyl groups is 1. The van der Waals surface area contributed by atoms with Crippen molar-refractivity contribution in [1.82, 2.24) is 9.55 Å². The van der Waals surface area contributed by atoms with E-state index >= 15 is 0 Å². The third kappa shape index (κ3) is 3.28. The smallest absolute Gasteiger partial charge is 0.140 e. The summed E-state index contributed by atoms with van der Waals surface area (Å²) in [6, 6.07) is 15.9. The van der Waals surface area contributed by atoms with Crippen LogP contribution in [-0.4, -0.2) is 20.7 Å². The number of aliphatic hydroxyl groups excluding tert-OH is 1. The maximum atomic E-state index is 10.6. The van der Waals surface area contributed by atoms with Crippen molar-refractivity contribution in [2.75, 3.05) is 0 Å². The molecule has 4 heteroatoms. The minimum atomic E-state index is -0.767. The van der Waals surface area contributed by atoms with Gasteiger partial charge in [0.2, 0.25) is 0 Å². The SMILES string of the molecule is Cc1ccc2nc(C(O)C(N)CCc3ccccc3)n(C)c2c1. The third-order valence-corrected chi connectivity index (χ3v) is 4.35. The molecule has 0 spiro atoms. The molecule has 2 atom stereocenters. The number of imidazole rings is 1. The zero-order chi connectivity index (χ0) is 16.4. The lowest BCUT2D eigenvalue weighted by molar-refractivity contribution is 0.130. The molecule has 2 aromatic carbocycles. The lowest BCUT2D eigenvalue weighted by atomic mass is 10.0. The number of nitrogens with zero attached hydrogens (tertiary/aromatic N) is 2. The zero-order valence-corrected chi connectivity index (χ0v) is 13.6. The molecule has 0 aliphatic heterocycles. The molecule has 2 unspecified atom stereocenters. The van der Waals surface area contributed by atoms with Crippen LogP contribution in [0.5, 0.6) is 0 Å². The van der Waals surface area contributed by atoms with Crippen molar-refractivity contribution < 1.29 is 5.11 Å². The molecule has 0 saturated carbocycles. The first kappa shape index (κ1) is 15.7. The van der Waals surface area contributed by atoms with Crippen LogP contribution in [0.25, 0.3) is 11.0 Å². The highest BCUT2D eigenvalue weighted by atomic mass is 16.3. The third-order valence-electron chi connectivity index (χ3n) is 4.35. The molecule has 4 nitrogen and oxygen atoms in total. The van der Waals surface area contributed by atoms with Crippen LogP contribution < -0.4 is 5.73 Å². The fourth-order valence-corrected chi connectivity index (χ4v) is 2.91. The van der Waals surface area contributed by atoms with E-state index in [0.717, 1.165) is 17.5 Å². The zero-order valence-electron chi connectivity index (χ0n) is 13.6. The lowest BCUT2D eigenvalue weighted by Gasteiger charge is -2.18. The van der Waals surface area contributed by atoms with Crippen LogP contribution in [0, 0.1) is 6.92 Å². The highest BCUT2D eigenvalue weighted by molar-refractivity contribution is 5.76. The van der Waals surface area contributed by atoms with E-state index in [1.54, 1.807) is 0 Å². The lowest BCUT2D eigenvalue weighted by Crippen LogP contribution is -2.30. The first-order chi connectivity index (χ1) is 11.1. The predicted octanol–water partition coefficient (Wildman–Crippen LogP) is 2.88. The van der Waals surface area contributed by atoms with Crippen LogP contribution >= 0.6 is 0 Å². The Morgan fingerprint density at radius 3 is 2.65 bits per heavy atom. The van der Waals surface area contributed by atoms with E-state index < -0.39 is 6.10 Å². The van der Waals surface area contributed by atoms with Gasteiger partial charge < -0.3 is 15.4 Å². The van der Waals surface area contributed by atoms with Crippen LogP contribution in [0.4, 0.5) is 0 Å². The molecule has 0 aliphatic carbocycles. The maximum absolute atomic E-state index is 10.6. The van der Waals surface area contributed by atoms with E-state index in [4.69, 9.17) is 5.73 Å². The van der Waals surface area contributed by atoms with Gasteiger partial charge in [-0.3, -0.25) is 0 Å².